The van der Waals surface area contributed by atoms with Crippen LogP contribution in [0, 0.1) is 19.7 Å². The highest BCUT2D eigenvalue weighted by Gasteiger charge is 2.12. The molecule has 2 rings (SSSR count). The van der Waals surface area contributed by atoms with E-state index in [0.717, 1.165) is 11.3 Å². The van der Waals surface area contributed by atoms with Crippen molar-refractivity contribution >= 4 is 11.8 Å². The van der Waals surface area contributed by atoms with Crippen molar-refractivity contribution in [3.63, 3.8) is 0 Å². The summed E-state index contributed by atoms with van der Waals surface area (Å²) in [5, 5.41) is 6.30. The fourth-order valence-electron chi connectivity index (χ4n) is 1.31. The molecule has 1 N–H and O–H groups in total. The van der Waals surface area contributed by atoms with Crippen LogP contribution >= 0.6 is 0 Å². The average Bonchev–Trinajstić information content (AvgIpc) is 2.62. The van der Waals surface area contributed by atoms with Crippen LogP contribution in [-0.4, -0.2) is 11.1 Å². The fraction of sp³-hybridized carbons (Fsp3) is 0.167. The molecule has 1 heterocycles. The molecule has 4 nitrogen and oxygen atoms in total. The van der Waals surface area contributed by atoms with Crippen molar-refractivity contribution in [2.75, 3.05) is 5.32 Å². The molecule has 0 radical (unpaired) electrons. The van der Waals surface area contributed by atoms with E-state index in [4.69, 9.17) is 4.52 Å². The number of benzene rings is 1. The van der Waals surface area contributed by atoms with Gasteiger partial charge < -0.3 is 4.52 Å². The molecule has 0 atom stereocenters. The quantitative estimate of drug-likeness (QED) is 0.869. The molecule has 2 aromatic rings. The molecular weight excluding hydrogens is 223 g/mol. The Kier molecular flexibility index (Phi) is 2.91. The lowest BCUT2D eigenvalue weighted by molar-refractivity contribution is 0.102. The Labute approximate surface area is 97.4 Å². The van der Waals surface area contributed by atoms with Gasteiger partial charge in [0, 0.05) is 11.1 Å². The van der Waals surface area contributed by atoms with E-state index in [2.05, 4.69) is 10.5 Å². The number of carbonyl (C=O) groups is 1. The number of aromatic nitrogens is 1. The minimum atomic E-state index is -0.381. The number of carbonyl (C=O) groups excluding carboxylic acids is 1. The average molecular weight is 234 g/mol. The molecule has 5 heteroatoms. The number of halogens is 1. The van der Waals surface area contributed by atoms with Gasteiger partial charge in [-0.2, -0.15) is 0 Å². The molecule has 1 amide bonds. The van der Waals surface area contributed by atoms with Gasteiger partial charge in [-0.3, -0.25) is 10.1 Å². The largest absolute Gasteiger partial charge is 0.338 e. The van der Waals surface area contributed by atoms with Gasteiger partial charge in [0.15, 0.2) is 0 Å². The molecule has 0 saturated heterocycles. The summed E-state index contributed by atoms with van der Waals surface area (Å²) in [6.45, 7) is 3.58. The molecule has 0 aliphatic heterocycles. The van der Waals surface area contributed by atoms with Gasteiger partial charge in [-0.1, -0.05) is 5.16 Å². The number of nitrogens with zero attached hydrogens (tertiary/aromatic N) is 1. The second kappa shape index (κ2) is 4.37. The highest BCUT2D eigenvalue weighted by atomic mass is 19.1. The Morgan fingerprint density at radius 1 is 1.29 bits per heavy atom. The van der Waals surface area contributed by atoms with E-state index >= 15 is 0 Å². The maximum atomic E-state index is 12.7. The zero-order valence-corrected chi connectivity index (χ0v) is 9.45. The SMILES string of the molecule is Cc1noc(NC(=O)c2ccc(F)cc2)c1C. The lowest BCUT2D eigenvalue weighted by atomic mass is 10.2. The Bertz CT molecular complexity index is 546. The second-order valence-corrected chi connectivity index (χ2v) is 3.68. The molecule has 17 heavy (non-hydrogen) atoms. The summed E-state index contributed by atoms with van der Waals surface area (Å²) >= 11 is 0. The van der Waals surface area contributed by atoms with Gasteiger partial charge >= 0.3 is 0 Å². The zero-order chi connectivity index (χ0) is 12.4. The van der Waals surface area contributed by atoms with Gasteiger partial charge in [0.25, 0.3) is 5.91 Å². The van der Waals surface area contributed by atoms with Gasteiger partial charge in [0.1, 0.15) is 5.82 Å². The number of amides is 1. The number of hydrogen-bond acceptors (Lipinski definition) is 3. The minimum absolute atomic E-state index is 0.317. The Morgan fingerprint density at radius 3 is 2.47 bits per heavy atom. The number of aryl methyl sites for hydroxylation is 1. The number of anilines is 1. The third-order valence-corrected chi connectivity index (χ3v) is 2.49. The first kappa shape index (κ1) is 11.3. The number of rotatable bonds is 2. The summed E-state index contributed by atoms with van der Waals surface area (Å²) < 4.78 is 17.6. The fourth-order valence-corrected chi connectivity index (χ4v) is 1.31. The maximum absolute atomic E-state index is 12.7. The van der Waals surface area contributed by atoms with Crippen molar-refractivity contribution < 1.29 is 13.7 Å². The Hall–Kier alpha value is -2.17. The third kappa shape index (κ3) is 2.33. The van der Waals surface area contributed by atoms with Gasteiger partial charge in [-0.25, -0.2) is 4.39 Å². The predicted molar refractivity (Wildman–Crippen MR) is 60.3 cm³/mol. The van der Waals surface area contributed by atoms with Crippen molar-refractivity contribution in [3.05, 3.63) is 46.9 Å². The molecule has 0 saturated carbocycles. The topological polar surface area (TPSA) is 55.1 Å². The molecule has 0 unspecified atom stereocenters. The van der Waals surface area contributed by atoms with Gasteiger partial charge in [-0.15, -0.1) is 0 Å². The minimum Gasteiger partial charge on any atom is -0.338 e. The number of nitrogens with one attached hydrogen (secondary N) is 1. The lowest BCUT2D eigenvalue weighted by Crippen LogP contribution is -2.11. The molecule has 1 aromatic carbocycles. The summed E-state index contributed by atoms with van der Waals surface area (Å²) in [4.78, 5) is 11.8. The number of hydrogen-bond donors (Lipinski definition) is 1. The van der Waals surface area contributed by atoms with Crippen LogP contribution in [0.5, 0.6) is 0 Å². The van der Waals surface area contributed by atoms with Crippen LogP contribution in [0.25, 0.3) is 0 Å². The van der Waals surface area contributed by atoms with Crippen LogP contribution in [0.1, 0.15) is 21.6 Å². The van der Waals surface area contributed by atoms with Crippen LogP contribution in [-0.2, 0) is 0 Å². The summed E-state index contributed by atoms with van der Waals surface area (Å²) in [6, 6.07) is 5.27. The molecule has 0 bridgehead atoms. The molecule has 1 aromatic heterocycles. The molecule has 0 aliphatic rings. The van der Waals surface area contributed by atoms with Crippen molar-refractivity contribution in [1.29, 1.82) is 0 Å². The van der Waals surface area contributed by atoms with Gasteiger partial charge in [0.05, 0.1) is 5.69 Å². The normalized spacial score (nSPS) is 10.3. The van der Waals surface area contributed by atoms with Crippen molar-refractivity contribution in [2.45, 2.75) is 13.8 Å². The molecule has 0 fully saturated rings. The standard InChI is InChI=1S/C12H11FN2O2/c1-7-8(2)15-17-12(7)14-11(16)9-3-5-10(13)6-4-9/h3-6H,1-2H3,(H,14,16). The van der Waals surface area contributed by atoms with E-state index in [0.29, 0.717) is 11.4 Å². The van der Waals surface area contributed by atoms with Gasteiger partial charge in [-0.05, 0) is 38.1 Å². The van der Waals surface area contributed by atoms with Crippen LogP contribution in [0.4, 0.5) is 10.3 Å². The lowest BCUT2D eigenvalue weighted by Gasteiger charge is -2.01. The van der Waals surface area contributed by atoms with Crippen LogP contribution in [0.3, 0.4) is 0 Å². The highest BCUT2D eigenvalue weighted by Crippen LogP contribution is 2.18. The molecule has 88 valence electrons. The van der Waals surface area contributed by atoms with Crippen LogP contribution in [0.15, 0.2) is 28.8 Å². The molecular formula is C12H11FN2O2. The second-order valence-electron chi connectivity index (χ2n) is 3.68. The summed E-state index contributed by atoms with van der Waals surface area (Å²) in [5.74, 6) is -0.422. The molecule has 0 aliphatic carbocycles. The predicted octanol–water partition coefficient (Wildman–Crippen LogP) is 2.68. The zero-order valence-electron chi connectivity index (χ0n) is 9.45. The van der Waals surface area contributed by atoms with E-state index < -0.39 is 0 Å². The molecule has 0 spiro atoms. The summed E-state index contributed by atoms with van der Waals surface area (Å²) in [6.07, 6.45) is 0. The Balaban J connectivity index is 2.17. The first-order valence-corrected chi connectivity index (χ1v) is 5.07. The van der Waals surface area contributed by atoms with Crippen molar-refractivity contribution in [2.24, 2.45) is 0 Å². The smallest absolute Gasteiger partial charge is 0.258 e. The van der Waals surface area contributed by atoms with E-state index in [1.807, 2.05) is 0 Å². The Morgan fingerprint density at radius 2 is 1.94 bits per heavy atom. The summed E-state index contributed by atoms with van der Waals surface area (Å²) in [7, 11) is 0. The van der Waals surface area contributed by atoms with E-state index in [1.54, 1.807) is 13.8 Å². The van der Waals surface area contributed by atoms with E-state index in [9.17, 15) is 9.18 Å². The van der Waals surface area contributed by atoms with Crippen LogP contribution < -0.4 is 5.32 Å². The monoisotopic (exact) mass is 234 g/mol. The van der Waals surface area contributed by atoms with E-state index in [-0.39, 0.29) is 11.7 Å². The van der Waals surface area contributed by atoms with E-state index in [1.165, 1.54) is 24.3 Å². The first-order chi connectivity index (χ1) is 8.08. The van der Waals surface area contributed by atoms with Crippen LogP contribution in [0.2, 0.25) is 0 Å². The van der Waals surface area contributed by atoms with Crippen molar-refractivity contribution in [3.8, 4) is 0 Å². The maximum Gasteiger partial charge on any atom is 0.258 e. The summed E-state index contributed by atoms with van der Waals surface area (Å²) in [5.41, 5.74) is 1.86. The van der Waals surface area contributed by atoms with Crippen molar-refractivity contribution in [1.82, 2.24) is 5.16 Å². The first-order valence-electron chi connectivity index (χ1n) is 5.07. The highest BCUT2D eigenvalue weighted by molar-refractivity contribution is 6.03. The van der Waals surface area contributed by atoms with Gasteiger partial charge in [0.2, 0.25) is 5.88 Å². The third-order valence-electron chi connectivity index (χ3n) is 2.49.